The first-order valence-electron chi connectivity index (χ1n) is 7.58. The van der Waals surface area contributed by atoms with E-state index in [0.29, 0.717) is 26.3 Å². The maximum atomic E-state index is 12.0. The molecule has 0 spiro atoms. The van der Waals surface area contributed by atoms with Crippen molar-refractivity contribution in [1.29, 1.82) is 0 Å². The highest BCUT2D eigenvalue weighted by Gasteiger charge is 2.13. The van der Waals surface area contributed by atoms with Gasteiger partial charge in [-0.3, -0.25) is 0 Å². The number of rotatable bonds is 5. The fourth-order valence-electron chi connectivity index (χ4n) is 1.96. The van der Waals surface area contributed by atoms with Gasteiger partial charge in [0, 0.05) is 27.3 Å². The maximum Gasteiger partial charge on any atom is 0.365 e. The summed E-state index contributed by atoms with van der Waals surface area (Å²) in [6.45, 7) is 0. The summed E-state index contributed by atoms with van der Waals surface area (Å²) in [6, 6.07) is 13.4. The number of nitrogens with zero attached hydrogens (tertiary/aromatic N) is 3. The van der Waals surface area contributed by atoms with Gasteiger partial charge in [0.25, 0.3) is 0 Å². The lowest BCUT2D eigenvalue weighted by molar-refractivity contribution is 0.0516. The average molecular weight is 419 g/mol. The molecule has 1 aromatic heterocycles. The smallest absolute Gasteiger partial charge is 0.365 e. The fourth-order valence-corrected chi connectivity index (χ4v) is 3.08. The Hall–Kier alpha value is -2.61. The molecule has 0 aliphatic heterocycles. The zero-order chi connectivity index (χ0) is 19.2. The van der Waals surface area contributed by atoms with Crippen LogP contribution in [0, 0.1) is 0 Å². The van der Waals surface area contributed by atoms with E-state index in [2.05, 4.69) is 15.1 Å². The summed E-state index contributed by atoms with van der Waals surface area (Å²) in [6.07, 6.45) is 3.01. The SMILES string of the molecule is N/C(=N/OC(=O)c1ccc(Cl)cc1)c1nccnc1Sc1ccc(Cl)cc1. The maximum absolute atomic E-state index is 12.0. The first kappa shape index (κ1) is 19.2. The number of benzene rings is 2. The normalized spacial score (nSPS) is 11.3. The Kier molecular flexibility index (Phi) is 6.28. The third kappa shape index (κ3) is 5.19. The van der Waals surface area contributed by atoms with E-state index >= 15 is 0 Å². The second kappa shape index (κ2) is 8.85. The van der Waals surface area contributed by atoms with Crippen molar-refractivity contribution < 1.29 is 9.63 Å². The molecule has 0 fully saturated rings. The molecule has 0 atom stereocenters. The van der Waals surface area contributed by atoms with Gasteiger partial charge in [-0.1, -0.05) is 40.1 Å². The highest BCUT2D eigenvalue weighted by atomic mass is 35.5. The fraction of sp³-hybridized carbons (Fsp3) is 0. The molecule has 0 saturated heterocycles. The zero-order valence-corrected chi connectivity index (χ0v) is 16.0. The lowest BCUT2D eigenvalue weighted by Gasteiger charge is -2.06. The highest BCUT2D eigenvalue weighted by Crippen LogP contribution is 2.28. The molecule has 0 saturated carbocycles. The quantitative estimate of drug-likeness (QED) is 0.285. The summed E-state index contributed by atoms with van der Waals surface area (Å²) in [5.41, 5.74) is 6.54. The largest absolute Gasteiger partial charge is 0.379 e. The molecule has 0 aliphatic rings. The van der Waals surface area contributed by atoms with E-state index in [0.717, 1.165) is 4.90 Å². The van der Waals surface area contributed by atoms with Gasteiger partial charge in [-0.2, -0.15) is 0 Å². The van der Waals surface area contributed by atoms with Gasteiger partial charge in [0.15, 0.2) is 5.84 Å². The van der Waals surface area contributed by atoms with Crippen molar-refractivity contribution in [1.82, 2.24) is 9.97 Å². The third-order valence-corrected chi connectivity index (χ3v) is 4.75. The molecule has 0 bridgehead atoms. The van der Waals surface area contributed by atoms with Gasteiger partial charge in [0.1, 0.15) is 10.7 Å². The van der Waals surface area contributed by atoms with Crippen LogP contribution in [0.4, 0.5) is 0 Å². The molecule has 9 heteroatoms. The molecule has 0 radical (unpaired) electrons. The van der Waals surface area contributed by atoms with Crippen molar-refractivity contribution in [3.05, 3.63) is 82.2 Å². The lowest BCUT2D eigenvalue weighted by atomic mass is 10.2. The highest BCUT2D eigenvalue weighted by molar-refractivity contribution is 7.99. The van der Waals surface area contributed by atoms with Crippen LogP contribution in [0.1, 0.15) is 16.1 Å². The zero-order valence-electron chi connectivity index (χ0n) is 13.7. The number of amidine groups is 1. The Labute approximate surface area is 169 Å². The molecule has 0 unspecified atom stereocenters. The lowest BCUT2D eigenvalue weighted by Crippen LogP contribution is -2.18. The number of halogens is 2. The van der Waals surface area contributed by atoms with E-state index in [1.807, 2.05) is 12.1 Å². The molecular formula is C18H12Cl2N4O2S. The first-order chi connectivity index (χ1) is 13.0. The van der Waals surface area contributed by atoms with E-state index in [1.165, 1.54) is 36.3 Å². The van der Waals surface area contributed by atoms with Crippen molar-refractivity contribution in [3.63, 3.8) is 0 Å². The number of carbonyl (C=O) groups excluding carboxylic acids is 1. The molecule has 0 aliphatic carbocycles. The minimum atomic E-state index is -0.662. The van der Waals surface area contributed by atoms with Gasteiger partial charge in [-0.15, -0.1) is 0 Å². The Balaban J connectivity index is 1.76. The van der Waals surface area contributed by atoms with E-state index in [4.69, 9.17) is 33.8 Å². The monoisotopic (exact) mass is 418 g/mol. The predicted molar refractivity (Wildman–Crippen MR) is 105 cm³/mol. The first-order valence-corrected chi connectivity index (χ1v) is 9.15. The molecule has 2 N–H and O–H groups in total. The molecule has 3 rings (SSSR count). The van der Waals surface area contributed by atoms with Gasteiger partial charge in [-0.05, 0) is 48.5 Å². The average Bonchev–Trinajstić information content (AvgIpc) is 2.68. The van der Waals surface area contributed by atoms with Crippen LogP contribution in [0.25, 0.3) is 0 Å². The summed E-state index contributed by atoms with van der Waals surface area (Å²) in [5, 5.41) is 5.35. The van der Waals surface area contributed by atoms with Gasteiger partial charge in [0.2, 0.25) is 0 Å². The Morgan fingerprint density at radius 1 is 0.963 bits per heavy atom. The molecule has 2 aromatic carbocycles. The predicted octanol–water partition coefficient (Wildman–Crippen LogP) is 4.41. The second-order valence-electron chi connectivity index (χ2n) is 5.13. The van der Waals surface area contributed by atoms with Crippen LogP contribution >= 0.6 is 35.0 Å². The molecule has 6 nitrogen and oxygen atoms in total. The number of oxime groups is 1. The van der Waals surface area contributed by atoms with Crippen LogP contribution in [-0.2, 0) is 4.84 Å². The van der Waals surface area contributed by atoms with Gasteiger partial charge >= 0.3 is 5.97 Å². The van der Waals surface area contributed by atoms with Crippen molar-refractivity contribution in [2.45, 2.75) is 9.92 Å². The summed E-state index contributed by atoms with van der Waals surface area (Å²) < 4.78 is 0. The molecular weight excluding hydrogens is 407 g/mol. The van der Waals surface area contributed by atoms with E-state index < -0.39 is 5.97 Å². The minimum Gasteiger partial charge on any atom is -0.379 e. The number of aromatic nitrogens is 2. The minimum absolute atomic E-state index is 0.0677. The van der Waals surface area contributed by atoms with Crippen LogP contribution < -0.4 is 5.73 Å². The van der Waals surface area contributed by atoms with Crippen LogP contribution in [0.15, 0.2) is 76.0 Å². The van der Waals surface area contributed by atoms with Crippen molar-refractivity contribution >= 4 is 46.8 Å². The molecule has 1 heterocycles. The Bertz CT molecular complexity index is 979. The summed E-state index contributed by atoms with van der Waals surface area (Å²) in [5.74, 6) is -0.729. The summed E-state index contributed by atoms with van der Waals surface area (Å²) in [7, 11) is 0. The standard InChI is InChI=1S/C18H12Cl2N4O2S/c19-12-3-1-11(2-4-12)18(25)26-24-16(21)15-17(23-10-9-22-15)27-14-7-5-13(20)6-8-14/h1-10H,(H2,21,24). The molecule has 3 aromatic rings. The van der Waals surface area contributed by atoms with Crippen molar-refractivity contribution in [2.75, 3.05) is 0 Å². The number of nitrogens with two attached hydrogens (primary N) is 1. The Morgan fingerprint density at radius 3 is 2.22 bits per heavy atom. The van der Waals surface area contributed by atoms with Crippen LogP contribution in [-0.4, -0.2) is 21.8 Å². The topological polar surface area (TPSA) is 90.5 Å². The number of carbonyl (C=O) groups is 1. The van der Waals surface area contributed by atoms with E-state index in [1.54, 1.807) is 24.3 Å². The molecule has 27 heavy (non-hydrogen) atoms. The van der Waals surface area contributed by atoms with Crippen LogP contribution in [0.2, 0.25) is 10.0 Å². The number of hydrogen-bond donors (Lipinski definition) is 1. The molecule has 136 valence electrons. The van der Waals surface area contributed by atoms with Crippen LogP contribution in [0.5, 0.6) is 0 Å². The van der Waals surface area contributed by atoms with Crippen molar-refractivity contribution in [3.8, 4) is 0 Å². The van der Waals surface area contributed by atoms with Gasteiger partial charge in [0.05, 0.1) is 5.56 Å². The van der Waals surface area contributed by atoms with Gasteiger partial charge in [-0.25, -0.2) is 14.8 Å². The second-order valence-corrected chi connectivity index (χ2v) is 7.06. The summed E-state index contributed by atoms with van der Waals surface area (Å²) >= 11 is 13.0. The molecule has 0 amide bonds. The van der Waals surface area contributed by atoms with E-state index in [9.17, 15) is 4.79 Å². The summed E-state index contributed by atoms with van der Waals surface area (Å²) in [4.78, 5) is 26.2. The number of hydrogen-bond acceptors (Lipinski definition) is 6. The van der Waals surface area contributed by atoms with Gasteiger partial charge < -0.3 is 10.6 Å². The van der Waals surface area contributed by atoms with Crippen molar-refractivity contribution in [2.24, 2.45) is 10.9 Å². The third-order valence-electron chi connectivity index (χ3n) is 3.24. The van der Waals surface area contributed by atoms with E-state index in [-0.39, 0.29) is 5.84 Å². The Morgan fingerprint density at radius 2 is 1.56 bits per heavy atom. The van der Waals surface area contributed by atoms with Crippen LogP contribution in [0.3, 0.4) is 0 Å².